The van der Waals surface area contributed by atoms with Gasteiger partial charge in [-0.1, -0.05) is 17.7 Å². The fourth-order valence-corrected chi connectivity index (χ4v) is 3.00. The summed E-state index contributed by atoms with van der Waals surface area (Å²) in [5.74, 6) is 0. The van der Waals surface area contributed by atoms with Gasteiger partial charge in [0.2, 0.25) is 6.41 Å². The highest BCUT2D eigenvalue weighted by atomic mass is 35.5. The molecule has 1 atom stereocenters. The van der Waals surface area contributed by atoms with E-state index in [-0.39, 0.29) is 13.2 Å². The third-order valence-corrected chi connectivity index (χ3v) is 4.17. The molecular weight excluding hydrogens is 330 g/mol. The summed E-state index contributed by atoms with van der Waals surface area (Å²) in [5.41, 5.74) is 7.90. The molecule has 0 aromatic heterocycles. The van der Waals surface area contributed by atoms with Crippen molar-refractivity contribution in [3.63, 3.8) is 0 Å². The number of aliphatic hydroxyl groups is 1. The Morgan fingerprint density at radius 1 is 1.58 bits per heavy atom. The molecule has 6 nitrogen and oxygen atoms in total. The lowest BCUT2D eigenvalue weighted by Gasteiger charge is -2.34. The Hall–Kier alpha value is -1.89. The van der Waals surface area contributed by atoms with Gasteiger partial charge in [-0.25, -0.2) is 0 Å². The Morgan fingerprint density at radius 3 is 3.04 bits per heavy atom. The van der Waals surface area contributed by atoms with E-state index in [0.717, 1.165) is 5.57 Å². The number of carbonyl (C=O) groups excluding carboxylic acids is 1. The van der Waals surface area contributed by atoms with Crippen molar-refractivity contribution in [3.8, 4) is 0 Å². The van der Waals surface area contributed by atoms with Gasteiger partial charge in [-0.2, -0.15) is 0 Å². The number of nitrogens with two attached hydrogens (primary N) is 1. The van der Waals surface area contributed by atoms with Crippen LogP contribution in [-0.2, 0) is 9.53 Å². The fraction of sp³-hybridized carbons (Fsp3) is 0.412. The molecule has 7 heteroatoms. The summed E-state index contributed by atoms with van der Waals surface area (Å²) >= 11 is 6.01. The van der Waals surface area contributed by atoms with Gasteiger partial charge in [0.25, 0.3) is 0 Å². The van der Waals surface area contributed by atoms with Gasteiger partial charge in [-0.05, 0) is 36.6 Å². The number of rotatable bonds is 6. The highest BCUT2D eigenvalue weighted by Gasteiger charge is 2.35. The second-order valence-electron chi connectivity index (χ2n) is 5.88. The van der Waals surface area contributed by atoms with E-state index < -0.39 is 5.60 Å². The molecule has 24 heavy (non-hydrogen) atoms. The van der Waals surface area contributed by atoms with Crippen LogP contribution in [0.1, 0.15) is 19.3 Å². The lowest BCUT2D eigenvalue weighted by Crippen LogP contribution is -2.41. The monoisotopic (exact) mass is 351 g/mol. The molecule has 1 saturated carbocycles. The number of methoxy groups -OCH3 is 1. The van der Waals surface area contributed by atoms with Crippen LogP contribution < -0.4 is 11.1 Å². The summed E-state index contributed by atoms with van der Waals surface area (Å²) in [7, 11) is 1.56. The normalized spacial score (nSPS) is 24.7. The average Bonchev–Trinajstić information content (AvgIpc) is 2.53. The predicted molar refractivity (Wildman–Crippen MR) is 94.5 cm³/mol. The Labute approximate surface area is 146 Å². The number of aliphatic imine (C=N–C) groups is 1. The summed E-state index contributed by atoms with van der Waals surface area (Å²) < 4.78 is 5.13. The van der Waals surface area contributed by atoms with E-state index in [4.69, 9.17) is 22.1 Å². The molecule has 4 N–H and O–H groups in total. The summed E-state index contributed by atoms with van der Waals surface area (Å²) in [6, 6.07) is 7.16. The maximum atomic E-state index is 10.7. The predicted octanol–water partition coefficient (Wildman–Crippen LogP) is 1.93. The topological polar surface area (TPSA) is 96.9 Å². The molecule has 1 amide bonds. The first kappa shape index (κ1) is 18.4. The lowest BCUT2D eigenvalue weighted by molar-refractivity contribution is -0.109. The summed E-state index contributed by atoms with van der Waals surface area (Å²) in [5, 5.41) is 13.8. The minimum atomic E-state index is -0.978. The van der Waals surface area contributed by atoms with Gasteiger partial charge in [-0.15, -0.1) is 0 Å². The molecule has 1 aromatic carbocycles. The smallest absolute Gasteiger partial charge is 0.207 e. The van der Waals surface area contributed by atoms with E-state index in [1.54, 1.807) is 19.2 Å². The number of nitrogens with zero attached hydrogens (tertiary/aromatic N) is 1. The Kier molecular flexibility index (Phi) is 6.36. The standard InChI is InChI=1S/C17H22ClN3O3/c1-24-10-17(23)6-5-14(15(19)9-20-11-22)16(8-17)21-13-4-2-3-12(18)7-13/h2-4,7,11,23H,5-6,8-10,19H2,1H3,(H,20,22)/b15-14-,21-16?. The zero-order valence-electron chi connectivity index (χ0n) is 13.6. The van der Waals surface area contributed by atoms with Crippen LogP contribution in [0.4, 0.5) is 5.69 Å². The first-order valence-electron chi connectivity index (χ1n) is 7.67. The van der Waals surface area contributed by atoms with Gasteiger partial charge in [0, 0.05) is 30.0 Å². The molecule has 0 spiro atoms. The van der Waals surface area contributed by atoms with Crippen molar-refractivity contribution >= 4 is 29.4 Å². The molecule has 0 radical (unpaired) electrons. The van der Waals surface area contributed by atoms with E-state index in [1.807, 2.05) is 12.1 Å². The first-order valence-corrected chi connectivity index (χ1v) is 8.04. The van der Waals surface area contributed by atoms with E-state index in [9.17, 15) is 9.90 Å². The number of carbonyl (C=O) groups is 1. The maximum absolute atomic E-state index is 10.7. The van der Waals surface area contributed by atoms with E-state index >= 15 is 0 Å². The quantitative estimate of drug-likeness (QED) is 0.682. The number of amides is 1. The molecule has 1 unspecified atom stereocenters. The lowest BCUT2D eigenvalue weighted by atomic mass is 9.80. The molecular formula is C17H22ClN3O3. The number of hydrogen-bond acceptors (Lipinski definition) is 5. The van der Waals surface area contributed by atoms with Gasteiger partial charge in [0.1, 0.15) is 0 Å². The van der Waals surface area contributed by atoms with Gasteiger partial charge >= 0.3 is 0 Å². The second-order valence-corrected chi connectivity index (χ2v) is 6.31. The number of ether oxygens (including phenoxy) is 1. The number of hydrogen-bond donors (Lipinski definition) is 3. The van der Waals surface area contributed by atoms with Crippen molar-refractivity contribution in [2.24, 2.45) is 10.7 Å². The van der Waals surface area contributed by atoms with Crippen molar-refractivity contribution < 1.29 is 14.6 Å². The van der Waals surface area contributed by atoms with Gasteiger partial charge in [0.15, 0.2) is 0 Å². The summed E-state index contributed by atoms with van der Waals surface area (Å²) in [6.07, 6.45) is 2.01. The van der Waals surface area contributed by atoms with Crippen LogP contribution in [0.3, 0.4) is 0 Å². The maximum Gasteiger partial charge on any atom is 0.207 e. The molecule has 130 valence electrons. The highest BCUT2D eigenvalue weighted by molar-refractivity contribution is 6.30. The molecule has 1 aromatic rings. The van der Waals surface area contributed by atoms with Crippen molar-refractivity contribution in [1.29, 1.82) is 0 Å². The number of nitrogens with one attached hydrogen (secondary N) is 1. The molecule has 1 aliphatic carbocycles. The Morgan fingerprint density at radius 2 is 2.38 bits per heavy atom. The third kappa shape index (κ3) is 4.80. The van der Waals surface area contributed by atoms with Gasteiger partial charge in [0.05, 0.1) is 24.4 Å². The number of halogens is 1. The molecule has 0 saturated heterocycles. The van der Waals surface area contributed by atoms with Crippen LogP contribution in [0.25, 0.3) is 0 Å². The largest absolute Gasteiger partial charge is 0.400 e. The SMILES string of the molecule is COCC1(O)CC/C(=C(/N)CNC=O)C(=Nc2cccc(Cl)c2)C1. The highest BCUT2D eigenvalue weighted by Crippen LogP contribution is 2.33. The Bertz CT molecular complexity index is 660. The minimum absolute atomic E-state index is 0.224. The van der Waals surface area contributed by atoms with Gasteiger partial charge in [-0.3, -0.25) is 9.79 Å². The number of benzene rings is 1. The summed E-state index contributed by atoms with van der Waals surface area (Å²) in [6.45, 7) is 0.470. The minimum Gasteiger partial charge on any atom is -0.400 e. The van der Waals surface area contributed by atoms with E-state index in [2.05, 4.69) is 10.3 Å². The van der Waals surface area contributed by atoms with Crippen molar-refractivity contribution in [3.05, 3.63) is 40.6 Å². The zero-order chi connectivity index (χ0) is 17.6. The van der Waals surface area contributed by atoms with E-state index in [0.29, 0.717) is 47.8 Å². The fourth-order valence-electron chi connectivity index (χ4n) is 2.81. The molecule has 0 aliphatic heterocycles. The molecule has 1 fully saturated rings. The van der Waals surface area contributed by atoms with Crippen molar-refractivity contribution in [2.75, 3.05) is 20.3 Å². The average molecular weight is 352 g/mol. The van der Waals surface area contributed by atoms with Crippen LogP contribution in [0.15, 0.2) is 40.5 Å². The number of allylic oxidation sites excluding steroid dienone is 1. The van der Waals surface area contributed by atoms with Crippen molar-refractivity contribution in [1.82, 2.24) is 5.32 Å². The first-order chi connectivity index (χ1) is 11.5. The molecule has 2 rings (SSSR count). The van der Waals surface area contributed by atoms with Crippen LogP contribution in [-0.4, -0.2) is 43.1 Å². The summed E-state index contributed by atoms with van der Waals surface area (Å²) in [4.78, 5) is 15.1. The second kappa shape index (κ2) is 8.28. The van der Waals surface area contributed by atoms with Crippen LogP contribution in [0, 0.1) is 0 Å². The van der Waals surface area contributed by atoms with Gasteiger partial charge < -0.3 is 20.9 Å². The molecule has 1 aliphatic rings. The third-order valence-electron chi connectivity index (χ3n) is 3.93. The van der Waals surface area contributed by atoms with Crippen LogP contribution in [0.2, 0.25) is 5.02 Å². The van der Waals surface area contributed by atoms with Crippen LogP contribution >= 0.6 is 11.6 Å². The zero-order valence-corrected chi connectivity index (χ0v) is 14.3. The molecule has 0 bridgehead atoms. The van der Waals surface area contributed by atoms with Crippen LogP contribution in [0.5, 0.6) is 0 Å². The van der Waals surface area contributed by atoms with E-state index in [1.165, 1.54) is 0 Å². The van der Waals surface area contributed by atoms with Crippen molar-refractivity contribution in [2.45, 2.75) is 24.9 Å². The Balaban J connectivity index is 2.38. The molecule has 0 heterocycles.